The van der Waals surface area contributed by atoms with Crippen LogP contribution in [0.2, 0.25) is 0 Å². The Morgan fingerprint density at radius 1 is 1.37 bits per heavy atom. The Morgan fingerprint density at radius 3 is 2.79 bits per heavy atom. The molecule has 1 saturated heterocycles. The molecule has 0 amide bonds. The number of carboxylic acids is 1. The second-order valence-electron chi connectivity index (χ2n) is 4.78. The van der Waals surface area contributed by atoms with Gasteiger partial charge in [0.1, 0.15) is 0 Å². The number of hydrogen-bond acceptors (Lipinski definition) is 3. The largest absolute Gasteiger partial charge is 0.479 e. The third kappa shape index (κ3) is 4.65. The number of ether oxygens (including phenoxy) is 2. The number of benzene rings is 1. The fourth-order valence-corrected chi connectivity index (χ4v) is 2.19. The summed E-state index contributed by atoms with van der Waals surface area (Å²) in [6, 6.07) is 9.85. The zero-order chi connectivity index (χ0) is 13.5. The molecule has 1 aromatic carbocycles. The van der Waals surface area contributed by atoms with Crippen LogP contribution in [0.5, 0.6) is 0 Å². The first kappa shape index (κ1) is 14.0. The van der Waals surface area contributed by atoms with Crippen molar-refractivity contribution in [3.8, 4) is 0 Å². The van der Waals surface area contributed by atoms with Crippen LogP contribution in [0.15, 0.2) is 30.3 Å². The van der Waals surface area contributed by atoms with Crippen molar-refractivity contribution in [1.82, 2.24) is 0 Å². The highest BCUT2D eigenvalue weighted by atomic mass is 16.7. The lowest BCUT2D eigenvalue weighted by Crippen LogP contribution is -2.33. The highest BCUT2D eigenvalue weighted by Crippen LogP contribution is 2.17. The fourth-order valence-electron chi connectivity index (χ4n) is 2.19. The van der Waals surface area contributed by atoms with Crippen LogP contribution in [0.25, 0.3) is 0 Å². The molecule has 1 aromatic rings. The van der Waals surface area contributed by atoms with Gasteiger partial charge in [0.25, 0.3) is 0 Å². The summed E-state index contributed by atoms with van der Waals surface area (Å²) >= 11 is 0. The van der Waals surface area contributed by atoms with E-state index >= 15 is 0 Å². The summed E-state index contributed by atoms with van der Waals surface area (Å²) in [6.07, 6.45) is 2.88. The maximum atomic E-state index is 11.2. The van der Waals surface area contributed by atoms with Gasteiger partial charge >= 0.3 is 5.97 Å². The van der Waals surface area contributed by atoms with Gasteiger partial charge in [0.15, 0.2) is 12.4 Å². The molecule has 4 heteroatoms. The molecule has 1 aliphatic heterocycles. The van der Waals surface area contributed by atoms with E-state index in [1.807, 2.05) is 30.3 Å². The van der Waals surface area contributed by atoms with E-state index in [2.05, 4.69) is 0 Å². The van der Waals surface area contributed by atoms with Crippen molar-refractivity contribution in [3.05, 3.63) is 35.9 Å². The van der Waals surface area contributed by atoms with Gasteiger partial charge in [0, 0.05) is 6.61 Å². The van der Waals surface area contributed by atoms with Crippen LogP contribution in [-0.4, -0.2) is 30.1 Å². The Labute approximate surface area is 113 Å². The van der Waals surface area contributed by atoms with Gasteiger partial charge in [0.05, 0.1) is 0 Å². The fraction of sp³-hybridized carbons (Fsp3) is 0.533. The third-order valence-electron chi connectivity index (χ3n) is 3.27. The van der Waals surface area contributed by atoms with Crippen molar-refractivity contribution in [2.24, 2.45) is 0 Å². The van der Waals surface area contributed by atoms with Crippen molar-refractivity contribution in [1.29, 1.82) is 0 Å². The first-order valence-electron chi connectivity index (χ1n) is 6.79. The SMILES string of the molecule is O=C(O)[C@H](CCc1ccccc1)O[C@H]1CCCCO1. The van der Waals surface area contributed by atoms with Crippen LogP contribution in [0.3, 0.4) is 0 Å². The Morgan fingerprint density at radius 2 is 2.16 bits per heavy atom. The Balaban J connectivity index is 1.83. The van der Waals surface area contributed by atoms with Gasteiger partial charge in [-0.15, -0.1) is 0 Å². The molecule has 104 valence electrons. The van der Waals surface area contributed by atoms with E-state index in [1.54, 1.807) is 0 Å². The predicted octanol–water partition coefficient (Wildman–Crippen LogP) is 2.62. The number of rotatable bonds is 6. The standard InChI is InChI=1S/C15H20O4/c16-15(17)13(19-14-8-4-5-11-18-14)10-9-12-6-2-1-3-7-12/h1-3,6-7,13-14H,4-5,8-11H2,(H,16,17)/t13-,14-/m0/s1. The summed E-state index contributed by atoms with van der Waals surface area (Å²) in [4.78, 5) is 11.2. The van der Waals surface area contributed by atoms with Gasteiger partial charge < -0.3 is 14.6 Å². The van der Waals surface area contributed by atoms with Crippen molar-refractivity contribution in [2.75, 3.05) is 6.61 Å². The topological polar surface area (TPSA) is 55.8 Å². The summed E-state index contributed by atoms with van der Waals surface area (Å²) in [5.74, 6) is -0.912. The molecule has 4 nitrogen and oxygen atoms in total. The monoisotopic (exact) mass is 264 g/mol. The van der Waals surface area contributed by atoms with Crippen LogP contribution in [-0.2, 0) is 20.7 Å². The van der Waals surface area contributed by atoms with Crippen molar-refractivity contribution < 1.29 is 19.4 Å². The number of hydrogen-bond donors (Lipinski definition) is 1. The molecule has 1 fully saturated rings. The highest BCUT2D eigenvalue weighted by Gasteiger charge is 2.24. The first-order chi connectivity index (χ1) is 9.25. The molecule has 19 heavy (non-hydrogen) atoms. The number of carboxylic acid groups (broad SMARTS) is 1. The molecule has 0 bridgehead atoms. The van der Waals surface area contributed by atoms with Crippen molar-refractivity contribution >= 4 is 5.97 Å². The lowest BCUT2D eigenvalue weighted by Gasteiger charge is -2.25. The number of carbonyl (C=O) groups is 1. The van der Waals surface area contributed by atoms with Crippen molar-refractivity contribution in [2.45, 2.75) is 44.5 Å². The lowest BCUT2D eigenvalue weighted by atomic mass is 10.1. The van der Waals surface area contributed by atoms with Crippen molar-refractivity contribution in [3.63, 3.8) is 0 Å². The maximum absolute atomic E-state index is 11.2. The quantitative estimate of drug-likeness (QED) is 0.858. The normalized spacial score (nSPS) is 20.9. The minimum atomic E-state index is -0.912. The average Bonchev–Trinajstić information content (AvgIpc) is 2.45. The molecule has 0 radical (unpaired) electrons. The second-order valence-corrected chi connectivity index (χ2v) is 4.78. The molecule has 2 rings (SSSR count). The molecule has 0 unspecified atom stereocenters. The van der Waals surface area contributed by atoms with E-state index in [1.165, 1.54) is 0 Å². The first-order valence-corrected chi connectivity index (χ1v) is 6.79. The molecule has 0 saturated carbocycles. The summed E-state index contributed by atoms with van der Waals surface area (Å²) in [6.45, 7) is 0.662. The molecule has 0 aromatic heterocycles. The van der Waals surface area contributed by atoms with Gasteiger partial charge in [-0.25, -0.2) is 4.79 Å². The minimum Gasteiger partial charge on any atom is -0.479 e. The lowest BCUT2D eigenvalue weighted by molar-refractivity contribution is -0.201. The molecule has 0 aliphatic carbocycles. The molecule has 1 N–H and O–H groups in total. The number of aryl methyl sites for hydroxylation is 1. The molecule has 1 heterocycles. The van der Waals surface area contributed by atoms with Crippen LogP contribution in [0.1, 0.15) is 31.2 Å². The van der Waals surface area contributed by atoms with E-state index in [0.29, 0.717) is 19.4 Å². The van der Waals surface area contributed by atoms with Crippen LogP contribution < -0.4 is 0 Å². The predicted molar refractivity (Wildman–Crippen MR) is 70.9 cm³/mol. The molecule has 0 spiro atoms. The third-order valence-corrected chi connectivity index (χ3v) is 3.27. The Kier molecular flexibility index (Phi) is 5.36. The molecule has 2 atom stereocenters. The van der Waals surface area contributed by atoms with Gasteiger partial charge in [-0.1, -0.05) is 30.3 Å². The van der Waals surface area contributed by atoms with E-state index in [-0.39, 0.29) is 6.29 Å². The average molecular weight is 264 g/mol. The maximum Gasteiger partial charge on any atom is 0.332 e. The number of aliphatic carboxylic acids is 1. The molecular formula is C15H20O4. The van der Waals surface area contributed by atoms with Crippen LogP contribution in [0.4, 0.5) is 0 Å². The zero-order valence-corrected chi connectivity index (χ0v) is 11.0. The molecular weight excluding hydrogens is 244 g/mol. The summed E-state index contributed by atoms with van der Waals surface area (Å²) < 4.78 is 11.0. The van der Waals surface area contributed by atoms with E-state index in [0.717, 1.165) is 24.8 Å². The summed E-state index contributed by atoms with van der Waals surface area (Å²) in [5, 5.41) is 9.20. The smallest absolute Gasteiger partial charge is 0.332 e. The van der Waals surface area contributed by atoms with Crippen LogP contribution in [0, 0.1) is 0 Å². The summed E-state index contributed by atoms with van der Waals surface area (Å²) in [5.41, 5.74) is 1.13. The van der Waals surface area contributed by atoms with E-state index < -0.39 is 12.1 Å². The van der Waals surface area contributed by atoms with Gasteiger partial charge in [0.2, 0.25) is 0 Å². The Hall–Kier alpha value is -1.39. The Bertz CT molecular complexity index is 384. The second kappa shape index (κ2) is 7.26. The van der Waals surface area contributed by atoms with Crippen LogP contribution >= 0.6 is 0 Å². The van der Waals surface area contributed by atoms with Gasteiger partial charge in [-0.05, 0) is 37.7 Å². The highest BCUT2D eigenvalue weighted by molar-refractivity contribution is 5.72. The van der Waals surface area contributed by atoms with Gasteiger partial charge in [-0.3, -0.25) is 0 Å². The zero-order valence-electron chi connectivity index (χ0n) is 11.0. The van der Waals surface area contributed by atoms with Gasteiger partial charge in [-0.2, -0.15) is 0 Å². The minimum absolute atomic E-state index is 0.356. The summed E-state index contributed by atoms with van der Waals surface area (Å²) in [7, 11) is 0. The van der Waals surface area contributed by atoms with E-state index in [4.69, 9.17) is 9.47 Å². The van der Waals surface area contributed by atoms with E-state index in [9.17, 15) is 9.90 Å². The molecule has 1 aliphatic rings.